The van der Waals surface area contributed by atoms with Gasteiger partial charge in [-0.3, -0.25) is 9.78 Å². The number of aryl methyl sites for hydroxylation is 1. The molecule has 2 aromatic heterocycles. The number of benzene rings is 2. The molecular formula is C28H29N3O. The molecule has 0 unspecified atom stereocenters. The van der Waals surface area contributed by atoms with Gasteiger partial charge in [-0.1, -0.05) is 42.5 Å². The highest BCUT2D eigenvalue weighted by molar-refractivity contribution is 5.85. The molecule has 0 radical (unpaired) electrons. The summed E-state index contributed by atoms with van der Waals surface area (Å²) >= 11 is 0. The van der Waals surface area contributed by atoms with Gasteiger partial charge in [0.05, 0.1) is 0 Å². The molecule has 4 nitrogen and oxygen atoms in total. The second-order valence-electron chi connectivity index (χ2n) is 8.79. The Morgan fingerprint density at radius 1 is 0.938 bits per heavy atom. The monoisotopic (exact) mass is 423 g/mol. The summed E-state index contributed by atoms with van der Waals surface area (Å²) in [5.41, 5.74) is 4.86. The predicted octanol–water partition coefficient (Wildman–Crippen LogP) is 5.57. The lowest BCUT2D eigenvalue weighted by Gasteiger charge is -2.32. The zero-order chi connectivity index (χ0) is 21.8. The smallest absolute Gasteiger partial charge is 0.222 e. The summed E-state index contributed by atoms with van der Waals surface area (Å²) in [6.45, 7) is 2.77. The maximum atomic E-state index is 12.6. The van der Waals surface area contributed by atoms with Crippen LogP contribution in [0.25, 0.3) is 22.0 Å². The maximum absolute atomic E-state index is 12.6. The van der Waals surface area contributed by atoms with Crippen molar-refractivity contribution in [2.24, 2.45) is 5.92 Å². The molecule has 1 fully saturated rings. The largest absolute Gasteiger partial charge is 0.347 e. The lowest BCUT2D eigenvalue weighted by molar-refractivity contribution is -0.132. The molecule has 1 amide bonds. The van der Waals surface area contributed by atoms with Crippen LogP contribution in [0.3, 0.4) is 0 Å². The second-order valence-corrected chi connectivity index (χ2v) is 8.79. The first-order chi connectivity index (χ1) is 15.8. The number of nitrogens with zero attached hydrogens (tertiary/aromatic N) is 3. The standard InChI is InChI=1S/C28H29N3O/c32-28(11-8-22-5-2-1-3-6-22)30-16-12-23(13-17-30)21-31-18-14-25-19-24(9-10-27(25)31)26-7-4-15-29-20-26/h1-7,9-10,14-15,18-20,23H,8,11-13,16-17,21H2. The number of fused-ring (bicyclic) bond motifs is 1. The molecule has 1 saturated heterocycles. The zero-order valence-corrected chi connectivity index (χ0v) is 18.4. The molecule has 32 heavy (non-hydrogen) atoms. The highest BCUT2D eigenvalue weighted by Crippen LogP contribution is 2.27. The van der Waals surface area contributed by atoms with Gasteiger partial charge >= 0.3 is 0 Å². The van der Waals surface area contributed by atoms with Crippen LogP contribution in [0.2, 0.25) is 0 Å². The summed E-state index contributed by atoms with van der Waals surface area (Å²) in [6, 6.07) is 23.2. The molecule has 0 atom stereocenters. The molecule has 0 bridgehead atoms. The quantitative estimate of drug-likeness (QED) is 0.406. The minimum Gasteiger partial charge on any atom is -0.347 e. The van der Waals surface area contributed by atoms with Crippen LogP contribution in [0, 0.1) is 5.92 Å². The van der Waals surface area contributed by atoms with Gasteiger partial charge in [0.1, 0.15) is 0 Å². The fraction of sp³-hybridized carbons (Fsp3) is 0.286. The summed E-state index contributed by atoms with van der Waals surface area (Å²) in [6.07, 6.45) is 9.50. The second kappa shape index (κ2) is 9.39. The molecule has 1 aliphatic rings. The van der Waals surface area contributed by atoms with Gasteiger partial charge in [-0.2, -0.15) is 0 Å². The average Bonchev–Trinajstić information content (AvgIpc) is 3.26. The van der Waals surface area contributed by atoms with Crippen LogP contribution in [0.1, 0.15) is 24.8 Å². The van der Waals surface area contributed by atoms with Gasteiger partial charge in [0.25, 0.3) is 0 Å². The van der Waals surface area contributed by atoms with E-state index in [1.807, 2.05) is 30.5 Å². The highest BCUT2D eigenvalue weighted by atomic mass is 16.2. The molecule has 162 valence electrons. The third-order valence-electron chi connectivity index (χ3n) is 6.66. The number of hydrogen-bond acceptors (Lipinski definition) is 2. The van der Waals surface area contributed by atoms with E-state index >= 15 is 0 Å². The average molecular weight is 424 g/mol. The Labute approximate surface area is 189 Å². The number of amides is 1. The van der Waals surface area contributed by atoms with E-state index < -0.39 is 0 Å². The Balaban J connectivity index is 1.17. The van der Waals surface area contributed by atoms with Gasteiger partial charge in [0.2, 0.25) is 5.91 Å². The number of carbonyl (C=O) groups excluding carboxylic acids is 1. The highest BCUT2D eigenvalue weighted by Gasteiger charge is 2.23. The molecule has 0 saturated carbocycles. The number of pyridine rings is 1. The normalized spacial score (nSPS) is 14.7. The Bertz CT molecular complexity index is 1180. The van der Waals surface area contributed by atoms with Crippen LogP contribution in [0.5, 0.6) is 0 Å². The lowest BCUT2D eigenvalue weighted by Crippen LogP contribution is -2.39. The summed E-state index contributed by atoms with van der Waals surface area (Å²) in [5, 5.41) is 1.26. The van der Waals surface area contributed by atoms with E-state index in [-0.39, 0.29) is 0 Å². The minimum atomic E-state index is 0.293. The van der Waals surface area contributed by atoms with Crippen LogP contribution in [0.4, 0.5) is 0 Å². The predicted molar refractivity (Wildman–Crippen MR) is 129 cm³/mol. The summed E-state index contributed by atoms with van der Waals surface area (Å²) in [5.74, 6) is 0.906. The maximum Gasteiger partial charge on any atom is 0.222 e. The van der Waals surface area contributed by atoms with Crippen molar-refractivity contribution < 1.29 is 4.79 Å². The van der Waals surface area contributed by atoms with Crippen molar-refractivity contribution in [1.82, 2.24) is 14.5 Å². The summed E-state index contributed by atoms with van der Waals surface area (Å²) in [4.78, 5) is 18.9. The first-order valence-corrected chi connectivity index (χ1v) is 11.6. The van der Waals surface area contributed by atoms with E-state index in [9.17, 15) is 4.79 Å². The van der Waals surface area contributed by atoms with Crippen molar-refractivity contribution in [1.29, 1.82) is 0 Å². The first kappa shape index (κ1) is 20.5. The molecule has 0 spiro atoms. The Hall–Kier alpha value is -3.40. The van der Waals surface area contributed by atoms with Crippen LogP contribution < -0.4 is 0 Å². The van der Waals surface area contributed by atoms with Crippen molar-refractivity contribution in [2.75, 3.05) is 13.1 Å². The minimum absolute atomic E-state index is 0.293. The Kier molecular flexibility index (Phi) is 6.02. The van der Waals surface area contributed by atoms with E-state index in [0.29, 0.717) is 18.2 Å². The van der Waals surface area contributed by atoms with E-state index in [0.717, 1.165) is 44.5 Å². The SMILES string of the molecule is O=C(CCc1ccccc1)N1CCC(Cn2ccc3cc(-c4cccnc4)ccc32)CC1. The van der Waals surface area contributed by atoms with Gasteiger partial charge in [0, 0.05) is 61.1 Å². The molecule has 0 N–H and O–H groups in total. The number of hydrogen-bond donors (Lipinski definition) is 0. The Morgan fingerprint density at radius 2 is 1.78 bits per heavy atom. The van der Waals surface area contributed by atoms with Gasteiger partial charge < -0.3 is 9.47 Å². The topological polar surface area (TPSA) is 38.1 Å². The third kappa shape index (κ3) is 4.59. The lowest BCUT2D eigenvalue weighted by atomic mass is 9.96. The molecule has 4 aromatic rings. The van der Waals surface area contributed by atoms with Crippen molar-refractivity contribution in [3.63, 3.8) is 0 Å². The molecule has 2 aromatic carbocycles. The van der Waals surface area contributed by atoms with Crippen molar-refractivity contribution in [2.45, 2.75) is 32.2 Å². The molecule has 5 rings (SSSR count). The molecule has 0 aliphatic carbocycles. The number of likely N-dealkylation sites (tertiary alicyclic amines) is 1. The summed E-state index contributed by atoms with van der Waals surface area (Å²) < 4.78 is 2.37. The van der Waals surface area contributed by atoms with Crippen LogP contribution in [-0.2, 0) is 17.8 Å². The molecular weight excluding hydrogens is 394 g/mol. The number of rotatable bonds is 6. The van der Waals surface area contributed by atoms with E-state index in [1.165, 1.54) is 22.0 Å². The fourth-order valence-corrected chi connectivity index (χ4v) is 4.77. The zero-order valence-electron chi connectivity index (χ0n) is 18.4. The molecule has 4 heteroatoms. The van der Waals surface area contributed by atoms with E-state index in [4.69, 9.17) is 0 Å². The van der Waals surface area contributed by atoms with Gasteiger partial charge in [-0.05, 0) is 60.6 Å². The van der Waals surface area contributed by atoms with Crippen LogP contribution in [-0.4, -0.2) is 33.4 Å². The summed E-state index contributed by atoms with van der Waals surface area (Å²) in [7, 11) is 0. The van der Waals surface area contributed by atoms with E-state index in [1.54, 1.807) is 6.20 Å². The van der Waals surface area contributed by atoms with E-state index in [2.05, 4.69) is 63.1 Å². The van der Waals surface area contributed by atoms with Gasteiger partial charge in [-0.25, -0.2) is 0 Å². The van der Waals surface area contributed by atoms with Crippen molar-refractivity contribution in [3.8, 4) is 11.1 Å². The molecule has 1 aliphatic heterocycles. The van der Waals surface area contributed by atoms with Crippen LogP contribution in [0.15, 0.2) is 85.3 Å². The van der Waals surface area contributed by atoms with Gasteiger partial charge in [0.15, 0.2) is 0 Å². The fourth-order valence-electron chi connectivity index (χ4n) is 4.77. The van der Waals surface area contributed by atoms with Crippen molar-refractivity contribution in [3.05, 3.63) is 90.9 Å². The third-order valence-corrected chi connectivity index (χ3v) is 6.66. The number of carbonyl (C=O) groups is 1. The molecule has 3 heterocycles. The van der Waals surface area contributed by atoms with Crippen molar-refractivity contribution >= 4 is 16.8 Å². The van der Waals surface area contributed by atoms with Gasteiger partial charge in [-0.15, -0.1) is 0 Å². The first-order valence-electron chi connectivity index (χ1n) is 11.6. The number of piperidine rings is 1. The van der Waals surface area contributed by atoms with Crippen LogP contribution >= 0.6 is 0 Å². The Morgan fingerprint density at radius 3 is 2.56 bits per heavy atom. The number of aromatic nitrogens is 2.